The first kappa shape index (κ1) is 15.4. The van der Waals surface area contributed by atoms with Crippen LogP contribution in [-0.2, 0) is 10.5 Å². The van der Waals surface area contributed by atoms with Crippen molar-refractivity contribution in [2.75, 3.05) is 19.8 Å². The summed E-state index contributed by atoms with van der Waals surface area (Å²) in [6.45, 7) is 1.67. The highest BCUT2D eigenvalue weighted by Gasteiger charge is 2.15. The van der Waals surface area contributed by atoms with E-state index in [-0.39, 0.29) is 12.4 Å². The number of thioether (sulfide) groups is 1. The first-order chi connectivity index (χ1) is 9.79. The average Bonchev–Trinajstić information content (AvgIpc) is 2.48. The van der Waals surface area contributed by atoms with E-state index in [2.05, 4.69) is 11.8 Å². The second-order valence-electron chi connectivity index (χ2n) is 4.70. The smallest absolute Gasteiger partial charge is 0.128 e. The number of halogens is 1. The highest BCUT2D eigenvalue weighted by Crippen LogP contribution is 2.26. The van der Waals surface area contributed by atoms with Crippen LogP contribution < -0.4 is 0 Å². The minimum Gasteiger partial charge on any atom is -0.395 e. The lowest BCUT2D eigenvalue weighted by Crippen LogP contribution is -2.17. The predicted molar refractivity (Wildman–Crippen MR) is 80.1 cm³/mol. The standard InChI is InChI=1S/C16H19FO2S/c17-16-11-13(3-1-2-8-18)4-5-14(16)12-20-15-6-9-19-10-7-15/h4-5,11,15,18H,2,6-10,12H2. The van der Waals surface area contributed by atoms with Crippen LogP contribution in [0.4, 0.5) is 4.39 Å². The number of hydrogen-bond acceptors (Lipinski definition) is 3. The molecule has 4 heteroatoms. The van der Waals surface area contributed by atoms with Crippen LogP contribution in [0.1, 0.15) is 30.4 Å². The van der Waals surface area contributed by atoms with Gasteiger partial charge in [0.15, 0.2) is 0 Å². The van der Waals surface area contributed by atoms with Crippen molar-refractivity contribution in [1.29, 1.82) is 0 Å². The van der Waals surface area contributed by atoms with Gasteiger partial charge in [-0.3, -0.25) is 0 Å². The summed E-state index contributed by atoms with van der Waals surface area (Å²) in [6, 6.07) is 5.13. The minimum atomic E-state index is -0.194. The van der Waals surface area contributed by atoms with Crippen molar-refractivity contribution >= 4 is 11.8 Å². The molecule has 1 aromatic carbocycles. The molecule has 2 rings (SSSR count). The van der Waals surface area contributed by atoms with Crippen LogP contribution in [0.3, 0.4) is 0 Å². The number of aliphatic hydroxyl groups is 1. The van der Waals surface area contributed by atoms with Gasteiger partial charge in [0.1, 0.15) is 5.82 Å². The molecule has 0 spiro atoms. The lowest BCUT2D eigenvalue weighted by molar-refractivity contribution is 0.1000. The second kappa shape index (κ2) is 8.31. The molecular formula is C16H19FO2S. The largest absolute Gasteiger partial charge is 0.395 e. The number of aliphatic hydroxyl groups excluding tert-OH is 1. The molecule has 1 aliphatic rings. The topological polar surface area (TPSA) is 29.5 Å². The van der Waals surface area contributed by atoms with Crippen molar-refractivity contribution < 1.29 is 14.2 Å². The summed E-state index contributed by atoms with van der Waals surface area (Å²) in [5, 5.41) is 9.22. The Morgan fingerprint density at radius 2 is 2.15 bits per heavy atom. The Kier molecular flexibility index (Phi) is 6.38. The maximum atomic E-state index is 14.0. The SMILES string of the molecule is OCCC#Cc1ccc(CSC2CCOCC2)c(F)c1. The minimum absolute atomic E-state index is 0.0370. The van der Waals surface area contributed by atoms with E-state index in [4.69, 9.17) is 9.84 Å². The van der Waals surface area contributed by atoms with Crippen LogP contribution in [0.5, 0.6) is 0 Å². The van der Waals surface area contributed by atoms with Gasteiger partial charge in [-0.1, -0.05) is 17.9 Å². The van der Waals surface area contributed by atoms with Gasteiger partial charge in [-0.2, -0.15) is 11.8 Å². The van der Waals surface area contributed by atoms with Gasteiger partial charge in [0, 0.05) is 36.2 Å². The van der Waals surface area contributed by atoms with Crippen LogP contribution in [-0.4, -0.2) is 30.2 Å². The molecule has 1 aromatic rings. The zero-order chi connectivity index (χ0) is 14.2. The normalized spacial score (nSPS) is 15.7. The van der Waals surface area contributed by atoms with E-state index in [9.17, 15) is 4.39 Å². The Hall–Kier alpha value is -1.02. The van der Waals surface area contributed by atoms with Crippen LogP contribution in [0.2, 0.25) is 0 Å². The average molecular weight is 294 g/mol. The molecule has 0 unspecified atom stereocenters. The predicted octanol–water partition coefficient (Wildman–Crippen LogP) is 2.97. The Labute approximate surface area is 123 Å². The number of hydrogen-bond donors (Lipinski definition) is 1. The molecule has 20 heavy (non-hydrogen) atoms. The monoisotopic (exact) mass is 294 g/mol. The molecular weight excluding hydrogens is 275 g/mol. The van der Waals surface area contributed by atoms with Gasteiger partial charge in [0.2, 0.25) is 0 Å². The third-order valence-electron chi connectivity index (χ3n) is 3.17. The Bertz CT molecular complexity index is 487. The molecule has 108 valence electrons. The Morgan fingerprint density at radius 3 is 2.85 bits per heavy atom. The first-order valence-corrected chi connectivity index (χ1v) is 7.92. The van der Waals surface area contributed by atoms with E-state index in [1.807, 2.05) is 12.1 Å². The van der Waals surface area contributed by atoms with E-state index >= 15 is 0 Å². The summed E-state index contributed by atoms with van der Waals surface area (Å²) < 4.78 is 19.3. The van der Waals surface area contributed by atoms with Crippen molar-refractivity contribution in [3.05, 3.63) is 35.1 Å². The summed E-state index contributed by atoms with van der Waals surface area (Å²) >= 11 is 1.80. The lowest BCUT2D eigenvalue weighted by atomic mass is 10.1. The van der Waals surface area contributed by atoms with Gasteiger partial charge >= 0.3 is 0 Å². The van der Waals surface area contributed by atoms with Crippen LogP contribution in [0, 0.1) is 17.7 Å². The van der Waals surface area contributed by atoms with Crippen molar-refractivity contribution in [3.63, 3.8) is 0 Å². The molecule has 0 amide bonds. The van der Waals surface area contributed by atoms with E-state index in [1.165, 1.54) is 6.07 Å². The molecule has 0 aliphatic carbocycles. The zero-order valence-corrected chi connectivity index (χ0v) is 12.2. The molecule has 0 bridgehead atoms. The maximum absolute atomic E-state index is 14.0. The number of ether oxygens (including phenoxy) is 1. The molecule has 1 N–H and O–H groups in total. The number of rotatable bonds is 4. The molecule has 1 aliphatic heterocycles. The number of benzene rings is 1. The fraction of sp³-hybridized carbons (Fsp3) is 0.500. The quantitative estimate of drug-likeness (QED) is 0.866. The molecule has 0 aromatic heterocycles. The maximum Gasteiger partial charge on any atom is 0.128 e. The molecule has 0 atom stereocenters. The molecule has 1 saturated heterocycles. The van der Waals surface area contributed by atoms with E-state index in [0.29, 0.717) is 23.0 Å². The fourth-order valence-corrected chi connectivity index (χ4v) is 3.19. The fourth-order valence-electron chi connectivity index (χ4n) is 2.01. The van der Waals surface area contributed by atoms with Gasteiger partial charge < -0.3 is 9.84 Å². The zero-order valence-electron chi connectivity index (χ0n) is 11.4. The first-order valence-electron chi connectivity index (χ1n) is 6.87. The molecule has 0 saturated carbocycles. The molecule has 1 heterocycles. The lowest BCUT2D eigenvalue weighted by Gasteiger charge is -2.21. The van der Waals surface area contributed by atoms with Crippen molar-refractivity contribution in [1.82, 2.24) is 0 Å². The highest BCUT2D eigenvalue weighted by molar-refractivity contribution is 7.99. The molecule has 2 nitrogen and oxygen atoms in total. The van der Waals surface area contributed by atoms with Crippen LogP contribution in [0.25, 0.3) is 0 Å². The highest BCUT2D eigenvalue weighted by atomic mass is 32.2. The van der Waals surface area contributed by atoms with Crippen molar-refractivity contribution in [2.45, 2.75) is 30.3 Å². The van der Waals surface area contributed by atoms with Gasteiger partial charge in [0.25, 0.3) is 0 Å². The summed E-state index contributed by atoms with van der Waals surface area (Å²) in [6.07, 6.45) is 2.52. The molecule has 0 radical (unpaired) electrons. The summed E-state index contributed by atoms with van der Waals surface area (Å²) in [5.74, 6) is 6.14. The Balaban J connectivity index is 1.90. The van der Waals surface area contributed by atoms with Crippen molar-refractivity contribution in [3.8, 4) is 11.8 Å². The third kappa shape index (κ3) is 4.82. The summed E-state index contributed by atoms with van der Waals surface area (Å²) in [4.78, 5) is 0. The van der Waals surface area contributed by atoms with Gasteiger partial charge in [-0.25, -0.2) is 4.39 Å². The molecule has 1 fully saturated rings. The van der Waals surface area contributed by atoms with E-state index in [1.54, 1.807) is 11.8 Å². The van der Waals surface area contributed by atoms with Gasteiger partial charge in [-0.15, -0.1) is 0 Å². The van der Waals surface area contributed by atoms with Crippen LogP contribution in [0.15, 0.2) is 18.2 Å². The summed E-state index contributed by atoms with van der Waals surface area (Å²) in [5.41, 5.74) is 1.39. The van der Waals surface area contributed by atoms with E-state index in [0.717, 1.165) is 31.6 Å². The van der Waals surface area contributed by atoms with Gasteiger partial charge in [-0.05, 0) is 30.5 Å². The Morgan fingerprint density at radius 1 is 1.35 bits per heavy atom. The van der Waals surface area contributed by atoms with Crippen LogP contribution >= 0.6 is 11.8 Å². The second-order valence-corrected chi connectivity index (χ2v) is 5.99. The third-order valence-corrected chi connectivity index (χ3v) is 4.59. The summed E-state index contributed by atoms with van der Waals surface area (Å²) in [7, 11) is 0. The van der Waals surface area contributed by atoms with Crippen molar-refractivity contribution in [2.24, 2.45) is 0 Å². The van der Waals surface area contributed by atoms with Gasteiger partial charge in [0.05, 0.1) is 6.61 Å². The van der Waals surface area contributed by atoms with E-state index < -0.39 is 0 Å².